The molecule has 150 valence electrons. The Bertz CT molecular complexity index is 1220. The number of nitrogens with zero attached hydrogens (tertiary/aromatic N) is 2. The van der Waals surface area contributed by atoms with Crippen molar-refractivity contribution >= 4 is 39.0 Å². The summed E-state index contributed by atoms with van der Waals surface area (Å²) in [5, 5.41) is 14.4. The van der Waals surface area contributed by atoms with E-state index in [1.165, 1.54) is 5.56 Å². The van der Waals surface area contributed by atoms with Crippen LogP contribution in [0.5, 0.6) is 0 Å². The molecule has 30 heavy (non-hydrogen) atoms. The van der Waals surface area contributed by atoms with E-state index in [1.54, 1.807) is 24.4 Å². The molecule has 0 fully saturated rings. The number of aromatic carboxylic acids is 1. The SMILES string of the molecule is O=C(O)c1ccc(CON=Cc2cc3ccccc3n2Cc2ccccc2)cc1Br. The van der Waals surface area contributed by atoms with Crippen molar-refractivity contribution in [1.82, 2.24) is 4.57 Å². The highest BCUT2D eigenvalue weighted by atomic mass is 79.9. The van der Waals surface area contributed by atoms with E-state index in [0.29, 0.717) is 4.47 Å². The summed E-state index contributed by atoms with van der Waals surface area (Å²) in [6.45, 7) is 0.979. The van der Waals surface area contributed by atoms with Gasteiger partial charge in [-0.05, 0) is 51.3 Å². The zero-order valence-corrected chi connectivity index (χ0v) is 17.6. The Morgan fingerprint density at radius 1 is 1.00 bits per heavy atom. The highest BCUT2D eigenvalue weighted by Crippen LogP contribution is 2.21. The number of carboxylic acid groups (broad SMARTS) is 1. The summed E-state index contributed by atoms with van der Waals surface area (Å²) >= 11 is 3.28. The number of fused-ring (bicyclic) bond motifs is 1. The Balaban J connectivity index is 1.52. The van der Waals surface area contributed by atoms with E-state index in [-0.39, 0.29) is 12.2 Å². The molecule has 4 aromatic rings. The molecule has 4 rings (SSSR count). The summed E-state index contributed by atoms with van der Waals surface area (Å²) < 4.78 is 2.72. The number of hydrogen-bond donors (Lipinski definition) is 1. The van der Waals surface area contributed by atoms with Crippen LogP contribution in [-0.2, 0) is 18.0 Å². The van der Waals surface area contributed by atoms with Crippen LogP contribution in [0.2, 0.25) is 0 Å². The second-order valence-corrected chi connectivity index (χ2v) is 7.68. The van der Waals surface area contributed by atoms with Crippen LogP contribution in [0.1, 0.15) is 27.2 Å². The molecule has 1 heterocycles. The molecule has 1 aromatic heterocycles. The van der Waals surface area contributed by atoms with Crippen LogP contribution in [0.3, 0.4) is 0 Å². The minimum absolute atomic E-state index is 0.215. The average molecular weight is 463 g/mol. The van der Waals surface area contributed by atoms with Gasteiger partial charge in [-0.15, -0.1) is 0 Å². The van der Waals surface area contributed by atoms with Gasteiger partial charge in [0, 0.05) is 21.9 Å². The third kappa shape index (κ3) is 4.44. The quantitative estimate of drug-likeness (QED) is 0.283. The maximum atomic E-state index is 11.1. The first kappa shape index (κ1) is 19.9. The van der Waals surface area contributed by atoms with Crippen molar-refractivity contribution < 1.29 is 14.7 Å². The second-order valence-electron chi connectivity index (χ2n) is 6.83. The topological polar surface area (TPSA) is 63.8 Å². The van der Waals surface area contributed by atoms with Crippen LogP contribution in [0.15, 0.2) is 88.5 Å². The van der Waals surface area contributed by atoms with E-state index in [1.807, 2.05) is 30.3 Å². The van der Waals surface area contributed by atoms with E-state index in [0.717, 1.165) is 28.7 Å². The van der Waals surface area contributed by atoms with E-state index in [9.17, 15) is 4.79 Å². The number of halogens is 1. The largest absolute Gasteiger partial charge is 0.478 e. The summed E-state index contributed by atoms with van der Waals surface area (Å²) in [6, 6.07) is 25.6. The van der Waals surface area contributed by atoms with Crippen LogP contribution in [0, 0.1) is 0 Å². The van der Waals surface area contributed by atoms with E-state index in [4.69, 9.17) is 9.94 Å². The predicted molar refractivity (Wildman–Crippen MR) is 121 cm³/mol. The lowest BCUT2D eigenvalue weighted by Crippen LogP contribution is -2.04. The molecule has 0 radical (unpaired) electrons. The number of oxime groups is 1. The average Bonchev–Trinajstić information content (AvgIpc) is 3.09. The number of carbonyl (C=O) groups is 1. The number of rotatable bonds is 7. The summed E-state index contributed by atoms with van der Waals surface area (Å²) in [5.74, 6) is -0.974. The lowest BCUT2D eigenvalue weighted by Gasteiger charge is -2.08. The van der Waals surface area contributed by atoms with Gasteiger partial charge in [0.05, 0.1) is 17.5 Å². The molecule has 0 saturated heterocycles. The molecular weight excluding hydrogens is 444 g/mol. The molecule has 0 aliphatic rings. The molecule has 0 bridgehead atoms. The normalized spacial score (nSPS) is 11.2. The smallest absolute Gasteiger partial charge is 0.336 e. The molecule has 0 unspecified atom stereocenters. The number of aromatic nitrogens is 1. The molecule has 1 N–H and O–H groups in total. The molecule has 3 aromatic carbocycles. The fraction of sp³-hybridized carbons (Fsp3) is 0.0833. The van der Waals surface area contributed by atoms with Crippen molar-refractivity contribution in [3.05, 3.63) is 106 Å². The maximum Gasteiger partial charge on any atom is 0.336 e. The van der Waals surface area contributed by atoms with E-state index >= 15 is 0 Å². The third-order valence-electron chi connectivity index (χ3n) is 4.78. The molecule has 0 spiro atoms. The lowest BCUT2D eigenvalue weighted by atomic mass is 10.1. The van der Waals surface area contributed by atoms with Gasteiger partial charge in [-0.25, -0.2) is 4.79 Å². The van der Waals surface area contributed by atoms with Gasteiger partial charge < -0.3 is 14.5 Å². The van der Waals surface area contributed by atoms with Crippen LogP contribution in [0.25, 0.3) is 10.9 Å². The summed E-state index contributed by atoms with van der Waals surface area (Å²) in [7, 11) is 0. The number of carboxylic acids is 1. The van der Waals surface area contributed by atoms with Crippen molar-refractivity contribution in [3.8, 4) is 0 Å². The Labute approximate surface area is 182 Å². The van der Waals surface area contributed by atoms with Crippen molar-refractivity contribution in [2.24, 2.45) is 5.16 Å². The Morgan fingerprint density at radius 3 is 2.53 bits per heavy atom. The maximum absolute atomic E-state index is 11.1. The monoisotopic (exact) mass is 462 g/mol. The van der Waals surface area contributed by atoms with Gasteiger partial charge in [0.25, 0.3) is 0 Å². The molecular formula is C24H19BrN2O3. The minimum Gasteiger partial charge on any atom is -0.478 e. The molecule has 0 amide bonds. The number of para-hydroxylation sites is 1. The number of hydrogen-bond acceptors (Lipinski definition) is 3. The van der Waals surface area contributed by atoms with E-state index in [2.05, 4.69) is 56.0 Å². The Morgan fingerprint density at radius 2 is 1.77 bits per heavy atom. The van der Waals surface area contributed by atoms with Gasteiger partial charge in [-0.1, -0.05) is 59.8 Å². The highest BCUT2D eigenvalue weighted by molar-refractivity contribution is 9.10. The van der Waals surface area contributed by atoms with Crippen LogP contribution in [0.4, 0.5) is 0 Å². The minimum atomic E-state index is -0.974. The van der Waals surface area contributed by atoms with Crippen molar-refractivity contribution in [3.63, 3.8) is 0 Å². The standard InChI is InChI=1S/C24H19BrN2O3/c25-22-12-18(10-11-21(22)24(28)29)16-30-26-14-20-13-19-8-4-5-9-23(19)27(20)15-17-6-2-1-3-7-17/h1-14H,15-16H2,(H,28,29). The van der Waals surface area contributed by atoms with Crippen LogP contribution in [-0.4, -0.2) is 21.9 Å². The summed E-state index contributed by atoms with van der Waals surface area (Å²) in [5.41, 5.74) is 4.33. The molecule has 0 atom stereocenters. The Hall–Kier alpha value is -3.38. The Kier molecular flexibility index (Phi) is 5.95. The van der Waals surface area contributed by atoms with Gasteiger partial charge in [0.2, 0.25) is 0 Å². The predicted octanol–water partition coefficient (Wildman–Crippen LogP) is 5.70. The molecule has 0 aliphatic carbocycles. The van der Waals surface area contributed by atoms with Crippen molar-refractivity contribution in [2.75, 3.05) is 0 Å². The van der Waals surface area contributed by atoms with Gasteiger partial charge in [-0.3, -0.25) is 0 Å². The third-order valence-corrected chi connectivity index (χ3v) is 5.44. The summed E-state index contributed by atoms with van der Waals surface area (Å²) in [4.78, 5) is 16.6. The molecule has 6 heteroatoms. The van der Waals surface area contributed by atoms with Crippen molar-refractivity contribution in [2.45, 2.75) is 13.2 Å². The first-order chi connectivity index (χ1) is 14.6. The first-order valence-electron chi connectivity index (χ1n) is 9.41. The zero-order valence-electron chi connectivity index (χ0n) is 16.0. The van der Waals surface area contributed by atoms with Gasteiger partial charge in [-0.2, -0.15) is 0 Å². The van der Waals surface area contributed by atoms with Gasteiger partial charge in [0.1, 0.15) is 6.61 Å². The fourth-order valence-corrected chi connectivity index (χ4v) is 3.90. The molecule has 0 saturated carbocycles. The van der Waals surface area contributed by atoms with E-state index < -0.39 is 5.97 Å². The zero-order chi connectivity index (χ0) is 20.9. The lowest BCUT2D eigenvalue weighted by molar-refractivity contribution is 0.0695. The fourth-order valence-electron chi connectivity index (χ4n) is 3.31. The van der Waals surface area contributed by atoms with Gasteiger partial charge in [0.15, 0.2) is 0 Å². The van der Waals surface area contributed by atoms with Crippen molar-refractivity contribution in [1.29, 1.82) is 0 Å². The van der Waals surface area contributed by atoms with Crippen LogP contribution < -0.4 is 0 Å². The second kappa shape index (κ2) is 8.97. The van der Waals surface area contributed by atoms with Crippen LogP contribution >= 0.6 is 15.9 Å². The van der Waals surface area contributed by atoms with Gasteiger partial charge >= 0.3 is 5.97 Å². The molecule has 0 aliphatic heterocycles. The summed E-state index contributed by atoms with van der Waals surface area (Å²) in [6.07, 6.45) is 1.71. The number of benzene rings is 3. The molecule has 5 nitrogen and oxygen atoms in total. The first-order valence-corrected chi connectivity index (χ1v) is 10.2. The highest BCUT2D eigenvalue weighted by Gasteiger charge is 2.09.